The van der Waals surface area contributed by atoms with Gasteiger partial charge in [-0.15, -0.1) is 0 Å². The Morgan fingerprint density at radius 2 is 1.29 bits per heavy atom. The van der Waals surface area contributed by atoms with Crippen LogP contribution in [0, 0.1) is 0 Å². The molecule has 5 rings (SSSR count). The second kappa shape index (κ2) is 22.6. The number of rotatable bonds is 14. The molecule has 0 unspecified atom stereocenters. The number of ether oxygens (including phenoxy) is 2. The normalized spacial score (nSPS) is 10.8. The number of halogens is 2. The van der Waals surface area contributed by atoms with E-state index in [1.54, 1.807) is 24.5 Å². The molecule has 0 fully saturated rings. The summed E-state index contributed by atoms with van der Waals surface area (Å²) >= 11 is 6.73. The van der Waals surface area contributed by atoms with Gasteiger partial charge in [0.25, 0.3) is 0 Å². The molecule has 0 N–H and O–H groups in total. The highest BCUT2D eigenvalue weighted by Gasteiger charge is 2.19. The molecule has 0 aliphatic carbocycles. The first-order valence-corrected chi connectivity index (χ1v) is 18.9. The van der Waals surface area contributed by atoms with Gasteiger partial charge >= 0.3 is 11.3 Å². The predicted octanol–water partition coefficient (Wildman–Crippen LogP) is 10.1. The summed E-state index contributed by atoms with van der Waals surface area (Å²) in [6.45, 7) is 24.0. The van der Waals surface area contributed by atoms with E-state index in [-0.39, 0.29) is 5.63 Å². The molecule has 0 amide bonds. The van der Waals surface area contributed by atoms with Crippen molar-refractivity contribution in [2.75, 3.05) is 52.5 Å². The van der Waals surface area contributed by atoms with Gasteiger partial charge in [0.15, 0.2) is 11.2 Å². The first-order valence-electron chi connectivity index (χ1n) is 17.4. The Hall–Kier alpha value is -3.12. The molecule has 0 saturated heterocycles. The fourth-order valence-electron chi connectivity index (χ4n) is 4.97. The standard InChI is InChI=1S/C18H20BrNO4.C16H20BrNO3.2C2H6/c1-3-20(4-2)9-5-10-22-18-16-13(8-11-23-16)15(19)12-6-7-14(21)24-17(12)18;1-3-18(4-2)8-5-9-20-13-7-6-12-10-14(17)16(19)21-15(12)11-13;2*1-2/h6-8,11H,3-5,9-10H2,1-2H3;6-7,10-11H,3-5,8-9H2,1-2H3;2*1-2H3. The summed E-state index contributed by atoms with van der Waals surface area (Å²) < 4.78 is 29.1. The molecule has 0 aliphatic rings. The zero-order valence-electron chi connectivity index (χ0n) is 30.2. The van der Waals surface area contributed by atoms with Crippen LogP contribution in [0.3, 0.4) is 0 Å². The van der Waals surface area contributed by atoms with Crippen molar-refractivity contribution in [3.05, 3.63) is 78.5 Å². The van der Waals surface area contributed by atoms with Crippen LogP contribution in [0.1, 0.15) is 68.2 Å². The summed E-state index contributed by atoms with van der Waals surface area (Å²) in [5.74, 6) is 1.22. The van der Waals surface area contributed by atoms with Crippen molar-refractivity contribution in [3.8, 4) is 11.5 Å². The van der Waals surface area contributed by atoms with Crippen LogP contribution in [0.2, 0.25) is 0 Å². The van der Waals surface area contributed by atoms with Crippen LogP contribution in [-0.2, 0) is 0 Å². The Morgan fingerprint density at radius 3 is 1.90 bits per heavy atom. The number of hydrogen-bond acceptors (Lipinski definition) is 9. The predicted molar refractivity (Wildman–Crippen MR) is 209 cm³/mol. The fourth-order valence-corrected chi connectivity index (χ4v) is 5.92. The minimum Gasteiger partial charge on any atom is -0.493 e. The van der Waals surface area contributed by atoms with Crippen molar-refractivity contribution in [2.45, 2.75) is 68.2 Å². The lowest BCUT2D eigenvalue weighted by Crippen LogP contribution is -2.25. The Morgan fingerprint density at radius 1 is 0.694 bits per heavy atom. The van der Waals surface area contributed by atoms with E-state index in [0.29, 0.717) is 40.2 Å². The van der Waals surface area contributed by atoms with Gasteiger partial charge in [-0.1, -0.05) is 55.4 Å². The molecule has 270 valence electrons. The summed E-state index contributed by atoms with van der Waals surface area (Å²) in [6, 6.07) is 12.3. The monoisotopic (exact) mass is 806 g/mol. The van der Waals surface area contributed by atoms with E-state index < -0.39 is 5.63 Å². The lowest BCUT2D eigenvalue weighted by Gasteiger charge is -2.18. The third-order valence-electron chi connectivity index (χ3n) is 7.59. The zero-order chi connectivity index (χ0) is 36.3. The highest BCUT2D eigenvalue weighted by Crippen LogP contribution is 2.41. The van der Waals surface area contributed by atoms with E-state index in [1.165, 1.54) is 6.07 Å². The lowest BCUT2D eigenvalue weighted by atomic mass is 10.1. The number of fused-ring (bicyclic) bond motifs is 3. The van der Waals surface area contributed by atoms with Crippen LogP contribution >= 0.6 is 31.9 Å². The molecular formula is C38H52Br2N2O7. The molecule has 5 aromatic rings. The van der Waals surface area contributed by atoms with Crippen LogP contribution < -0.4 is 20.7 Å². The maximum Gasteiger partial charge on any atom is 0.350 e. The van der Waals surface area contributed by atoms with Gasteiger partial charge in [-0.2, -0.15) is 0 Å². The Bertz CT molecular complexity index is 1810. The van der Waals surface area contributed by atoms with Crippen LogP contribution in [-0.4, -0.2) is 62.3 Å². The van der Waals surface area contributed by atoms with Crippen molar-refractivity contribution in [2.24, 2.45) is 0 Å². The summed E-state index contributed by atoms with van der Waals surface area (Å²) in [5.41, 5.74) is 0.769. The molecular weight excluding hydrogens is 756 g/mol. The van der Waals surface area contributed by atoms with Crippen LogP contribution in [0.15, 0.2) is 80.5 Å². The average Bonchev–Trinajstić information content (AvgIpc) is 3.62. The molecule has 3 aromatic heterocycles. The smallest absolute Gasteiger partial charge is 0.350 e. The van der Waals surface area contributed by atoms with Crippen LogP contribution in [0.5, 0.6) is 11.5 Å². The maximum atomic E-state index is 11.6. The Balaban J connectivity index is 0.000000311. The Labute approximate surface area is 306 Å². The molecule has 3 heterocycles. The zero-order valence-corrected chi connectivity index (χ0v) is 33.4. The highest BCUT2D eigenvalue weighted by molar-refractivity contribution is 9.11. The van der Waals surface area contributed by atoms with Crippen molar-refractivity contribution >= 4 is 64.8 Å². The molecule has 0 saturated carbocycles. The molecule has 0 radical (unpaired) electrons. The topological polar surface area (TPSA) is 98.5 Å². The largest absolute Gasteiger partial charge is 0.493 e. The molecule has 0 atom stereocenters. The maximum absolute atomic E-state index is 11.6. The highest BCUT2D eigenvalue weighted by atomic mass is 79.9. The third-order valence-corrected chi connectivity index (χ3v) is 9.00. The van der Waals surface area contributed by atoms with E-state index in [0.717, 1.165) is 78.5 Å². The van der Waals surface area contributed by atoms with Crippen molar-refractivity contribution in [1.82, 2.24) is 9.80 Å². The number of furan rings is 1. The van der Waals surface area contributed by atoms with Gasteiger partial charge in [-0.25, -0.2) is 9.59 Å². The van der Waals surface area contributed by atoms with Gasteiger partial charge in [-0.05, 0) is 101 Å². The third kappa shape index (κ3) is 12.0. The second-order valence-electron chi connectivity index (χ2n) is 10.3. The van der Waals surface area contributed by atoms with Gasteiger partial charge in [0.2, 0.25) is 5.75 Å². The summed E-state index contributed by atoms with van der Waals surface area (Å²) in [7, 11) is 0. The summed E-state index contributed by atoms with van der Waals surface area (Å²) in [4.78, 5) is 27.8. The van der Waals surface area contributed by atoms with Gasteiger partial charge in [0, 0.05) is 45.9 Å². The van der Waals surface area contributed by atoms with Crippen molar-refractivity contribution < 1.29 is 22.7 Å². The van der Waals surface area contributed by atoms with E-state index in [1.807, 2.05) is 45.9 Å². The SMILES string of the molecule is CC.CC.CCN(CC)CCCOc1c2occc2c(Br)c2ccc(=O)oc12.CCN(CC)CCCOc1ccc2cc(Br)c(=O)oc2c1. The summed E-state index contributed by atoms with van der Waals surface area (Å²) in [5, 5.41) is 2.56. The quantitative estimate of drug-likeness (QED) is 0.0802. The second-order valence-corrected chi connectivity index (χ2v) is 12.0. The first-order chi connectivity index (χ1) is 23.8. The minimum atomic E-state index is -0.409. The molecule has 9 nitrogen and oxygen atoms in total. The minimum absolute atomic E-state index is 0.374. The molecule has 0 aliphatic heterocycles. The van der Waals surface area contributed by atoms with E-state index in [9.17, 15) is 9.59 Å². The summed E-state index contributed by atoms with van der Waals surface area (Å²) in [6.07, 6.45) is 3.47. The Kier molecular flexibility index (Phi) is 19.4. The lowest BCUT2D eigenvalue weighted by molar-refractivity contribution is 0.248. The molecule has 0 bridgehead atoms. The molecule has 49 heavy (non-hydrogen) atoms. The molecule has 11 heteroatoms. The molecule has 0 spiro atoms. The van der Waals surface area contributed by atoms with Gasteiger partial charge in [0.05, 0.1) is 19.5 Å². The number of hydrogen-bond donors (Lipinski definition) is 0. The van der Waals surface area contributed by atoms with Crippen LogP contribution in [0.4, 0.5) is 0 Å². The van der Waals surface area contributed by atoms with E-state index in [4.69, 9.17) is 22.7 Å². The number of benzene rings is 2. The first kappa shape index (κ1) is 42.0. The van der Waals surface area contributed by atoms with Crippen molar-refractivity contribution in [1.29, 1.82) is 0 Å². The average molecular weight is 809 g/mol. The van der Waals surface area contributed by atoms with E-state index >= 15 is 0 Å². The number of nitrogens with zero attached hydrogens (tertiary/aromatic N) is 2. The van der Waals surface area contributed by atoms with Gasteiger partial charge < -0.3 is 32.5 Å². The van der Waals surface area contributed by atoms with Gasteiger partial charge in [-0.3, -0.25) is 0 Å². The van der Waals surface area contributed by atoms with Gasteiger partial charge in [0.1, 0.15) is 15.8 Å². The van der Waals surface area contributed by atoms with Crippen molar-refractivity contribution in [3.63, 3.8) is 0 Å². The fraction of sp³-hybridized carbons (Fsp3) is 0.474. The van der Waals surface area contributed by atoms with E-state index in [2.05, 4.69) is 69.4 Å². The molecule has 2 aromatic carbocycles. The van der Waals surface area contributed by atoms with Crippen LogP contribution in [0.25, 0.3) is 32.9 Å².